The lowest BCUT2D eigenvalue weighted by atomic mass is 10.0. The summed E-state index contributed by atoms with van der Waals surface area (Å²) in [6, 6.07) is 15.4. The lowest BCUT2D eigenvalue weighted by Gasteiger charge is -2.19. The Morgan fingerprint density at radius 1 is 1.09 bits per heavy atom. The van der Waals surface area contributed by atoms with Gasteiger partial charge in [-0.1, -0.05) is 54.1 Å². The molecule has 0 saturated heterocycles. The van der Waals surface area contributed by atoms with Gasteiger partial charge in [-0.25, -0.2) is 0 Å². The molecule has 0 fully saturated rings. The summed E-state index contributed by atoms with van der Waals surface area (Å²) in [7, 11) is 0. The van der Waals surface area contributed by atoms with Crippen LogP contribution < -0.4 is 11.1 Å². The summed E-state index contributed by atoms with van der Waals surface area (Å²) in [5.74, 6) is -0.134. The lowest BCUT2D eigenvalue weighted by Crippen LogP contribution is -2.40. The molecule has 1 amide bonds. The zero-order valence-electron chi connectivity index (χ0n) is 13.5. The van der Waals surface area contributed by atoms with Crippen LogP contribution in [0.3, 0.4) is 0 Å². The van der Waals surface area contributed by atoms with E-state index in [0.29, 0.717) is 0 Å². The minimum Gasteiger partial charge on any atom is -0.352 e. The molecule has 3 heteroatoms. The van der Waals surface area contributed by atoms with Gasteiger partial charge in [-0.3, -0.25) is 4.79 Å². The van der Waals surface area contributed by atoms with Crippen LogP contribution in [0.4, 0.5) is 0 Å². The fourth-order valence-electron chi connectivity index (χ4n) is 2.48. The molecule has 2 rings (SSSR count). The first kappa shape index (κ1) is 16.2. The van der Waals surface area contributed by atoms with Gasteiger partial charge in [0.25, 0.3) is 0 Å². The van der Waals surface area contributed by atoms with Crippen molar-refractivity contribution >= 4 is 5.91 Å². The molecule has 2 aromatic rings. The van der Waals surface area contributed by atoms with Crippen LogP contribution in [0, 0.1) is 13.8 Å². The molecule has 3 nitrogen and oxygen atoms in total. The summed E-state index contributed by atoms with van der Waals surface area (Å²) in [5, 5.41) is 3.00. The van der Waals surface area contributed by atoms with Crippen LogP contribution in [-0.2, 0) is 11.2 Å². The van der Waals surface area contributed by atoms with Crippen molar-refractivity contribution in [2.75, 3.05) is 0 Å². The first-order chi connectivity index (χ1) is 10.5. The molecule has 0 aliphatic carbocycles. The van der Waals surface area contributed by atoms with Gasteiger partial charge in [0, 0.05) is 6.04 Å². The Balaban J connectivity index is 1.96. The van der Waals surface area contributed by atoms with E-state index in [4.69, 9.17) is 5.73 Å². The van der Waals surface area contributed by atoms with E-state index in [-0.39, 0.29) is 11.9 Å². The molecule has 2 unspecified atom stereocenters. The van der Waals surface area contributed by atoms with Crippen LogP contribution in [0.2, 0.25) is 0 Å². The molecule has 0 spiro atoms. The van der Waals surface area contributed by atoms with Crippen LogP contribution in [0.25, 0.3) is 0 Å². The Kier molecular flexibility index (Phi) is 5.34. The van der Waals surface area contributed by atoms with E-state index in [1.165, 1.54) is 11.1 Å². The molecular weight excluding hydrogens is 272 g/mol. The highest BCUT2D eigenvalue weighted by Crippen LogP contribution is 2.13. The van der Waals surface area contributed by atoms with Gasteiger partial charge >= 0.3 is 0 Å². The molecule has 0 saturated carbocycles. The maximum Gasteiger partial charge on any atom is 0.241 e. The second kappa shape index (κ2) is 7.23. The van der Waals surface area contributed by atoms with Crippen LogP contribution in [0.5, 0.6) is 0 Å². The number of aryl methyl sites for hydroxylation is 2. The van der Waals surface area contributed by atoms with E-state index in [9.17, 15) is 4.79 Å². The molecule has 0 aromatic heterocycles. The summed E-state index contributed by atoms with van der Waals surface area (Å²) in [5.41, 5.74) is 10.5. The van der Waals surface area contributed by atoms with E-state index < -0.39 is 6.04 Å². The quantitative estimate of drug-likeness (QED) is 0.891. The summed E-state index contributed by atoms with van der Waals surface area (Å²) in [6.45, 7) is 6.10. The average molecular weight is 296 g/mol. The molecule has 2 aromatic carbocycles. The van der Waals surface area contributed by atoms with Gasteiger partial charge < -0.3 is 11.1 Å². The molecule has 0 aliphatic rings. The van der Waals surface area contributed by atoms with Crippen molar-refractivity contribution < 1.29 is 4.79 Å². The van der Waals surface area contributed by atoms with Gasteiger partial charge in [-0.05, 0) is 43.9 Å². The fraction of sp³-hybridized carbons (Fsp3) is 0.316. The Morgan fingerprint density at radius 3 is 2.36 bits per heavy atom. The maximum atomic E-state index is 12.3. The molecule has 2 atom stereocenters. The Hall–Kier alpha value is -2.13. The highest BCUT2D eigenvalue weighted by Gasteiger charge is 2.17. The number of carbonyl (C=O) groups is 1. The highest BCUT2D eigenvalue weighted by molar-refractivity contribution is 5.83. The fourth-order valence-corrected chi connectivity index (χ4v) is 2.48. The number of amides is 1. The topological polar surface area (TPSA) is 55.1 Å². The zero-order valence-corrected chi connectivity index (χ0v) is 13.5. The molecular formula is C19H24N2O. The van der Waals surface area contributed by atoms with Crippen molar-refractivity contribution in [3.8, 4) is 0 Å². The van der Waals surface area contributed by atoms with E-state index in [0.717, 1.165) is 17.5 Å². The Bertz CT molecular complexity index is 634. The molecule has 116 valence electrons. The smallest absolute Gasteiger partial charge is 0.241 e. The molecule has 0 aliphatic heterocycles. The van der Waals surface area contributed by atoms with Crippen LogP contribution in [0.1, 0.15) is 35.2 Å². The van der Waals surface area contributed by atoms with Crippen LogP contribution in [0.15, 0.2) is 48.5 Å². The minimum absolute atomic E-state index is 0.0464. The summed E-state index contributed by atoms with van der Waals surface area (Å²) in [4.78, 5) is 12.3. The van der Waals surface area contributed by atoms with Crippen molar-refractivity contribution in [3.05, 3.63) is 70.8 Å². The van der Waals surface area contributed by atoms with Crippen molar-refractivity contribution in [1.82, 2.24) is 5.32 Å². The molecule has 0 bridgehead atoms. The minimum atomic E-state index is -0.625. The maximum absolute atomic E-state index is 12.3. The van der Waals surface area contributed by atoms with Crippen molar-refractivity contribution in [2.24, 2.45) is 5.73 Å². The van der Waals surface area contributed by atoms with Gasteiger partial charge in [0.05, 0.1) is 0 Å². The number of hydrogen-bond donors (Lipinski definition) is 2. The third kappa shape index (κ3) is 4.18. The number of nitrogens with two attached hydrogens (primary N) is 1. The average Bonchev–Trinajstić information content (AvgIpc) is 2.49. The standard InChI is InChI=1S/C19H24N2O/c1-13-8-10-16(11-9-13)18(20)19(22)21-15(3)12-17-7-5-4-6-14(17)2/h4-11,15,18H,12,20H2,1-3H3,(H,21,22). The third-order valence-electron chi connectivity index (χ3n) is 3.89. The van der Waals surface area contributed by atoms with Crippen molar-refractivity contribution in [3.63, 3.8) is 0 Å². The van der Waals surface area contributed by atoms with E-state index in [1.807, 2.05) is 50.2 Å². The molecule has 3 N–H and O–H groups in total. The number of carbonyl (C=O) groups excluding carboxylic acids is 1. The van der Waals surface area contributed by atoms with E-state index in [2.05, 4.69) is 24.4 Å². The summed E-state index contributed by atoms with van der Waals surface area (Å²) in [6.07, 6.45) is 0.805. The second-order valence-corrected chi connectivity index (χ2v) is 5.93. The zero-order chi connectivity index (χ0) is 16.1. The predicted molar refractivity (Wildman–Crippen MR) is 90.6 cm³/mol. The number of nitrogens with one attached hydrogen (secondary N) is 1. The first-order valence-electron chi connectivity index (χ1n) is 7.64. The highest BCUT2D eigenvalue weighted by atomic mass is 16.2. The van der Waals surface area contributed by atoms with Gasteiger partial charge in [-0.2, -0.15) is 0 Å². The van der Waals surface area contributed by atoms with E-state index >= 15 is 0 Å². The van der Waals surface area contributed by atoms with E-state index in [1.54, 1.807) is 0 Å². The number of rotatable bonds is 5. The van der Waals surface area contributed by atoms with Gasteiger partial charge in [0.2, 0.25) is 5.91 Å². The summed E-state index contributed by atoms with van der Waals surface area (Å²) < 4.78 is 0. The van der Waals surface area contributed by atoms with Crippen molar-refractivity contribution in [2.45, 2.75) is 39.3 Å². The second-order valence-electron chi connectivity index (χ2n) is 5.93. The normalized spacial score (nSPS) is 13.5. The lowest BCUT2D eigenvalue weighted by molar-refractivity contribution is -0.123. The third-order valence-corrected chi connectivity index (χ3v) is 3.89. The Labute approximate surface area is 132 Å². The van der Waals surface area contributed by atoms with Crippen LogP contribution >= 0.6 is 0 Å². The SMILES string of the molecule is Cc1ccc(C(N)C(=O)NC(C)Cc2ccccc2C)cc1. The molecule has 0 heterocycles. The van der Waals surface area contributed by atoms with Crippen molar-refractivity contribution in [1.29, 1.82) is 0 Å². The number of benzene rings is 2. The molecule has 22 heavy (non-hydrogen) atoms. The molecule has 0 radical (unpaired) electrons. The Morgan fingerprint density at radius 2 is 1.73 bits per heavy atom. The van der Waals surface area contributed by atoms with Gasteiger partial charge in [0.15, 0.2) is 0 Å². The van der Waals surface area contributed by atoms with Gasteiger partial charge in [-0.15, -0.1) is 0 Å². The largest absolute Gasteiger partial charge is 0.352 e. The predicted octanol–water partition coefficient (Wildman–Crippen LogP) is 3.05. The number of hydrogen-bond acceptors (Lipinski definition) is 2. The van der Waals surface area contributed by atoms with Crippen LogP contribution in [-0.4, -0.2) is 11.9 Å². The monoisotopic (exact) mass is 296 g/mol. The van der Waals surface area contributed by atoms with Gasteiger partial charge in [0.1, 0.15) is 6.04 Å². The first-order valence-corrected chi connectivity index (χ1v) is 7.64. The summed E-state index contributed by atoms with van der Waals surface area (Å²) >= 11 is 0.